The highest BCUT2D eigenvalue weighted by Gasteiger charge is 2.31. The number of thioether (sulfide) groups is 1. The summed E-state index contributed by atoms with van der Waals surface area (Å²) in [4.78, 5) is 15.7. The highest BCUT2D eigenvalue weighted by Crippen LogP contribution is 2.30. The average molecular weight is 328 g/mol. The quantitative estimate of drug-likeness (QED) is 0.778. The van der Waals surface area contributed by atoms with Crippen LogP contribution in [0.5, 0.6) is 0 Å². The maximum absolute atomic E-state index is 12.7. The monoisotopic (exact) mass is 327 g/mol. The van der Waals surface area contributed by atoms with Crippen LogP contribution in [0.25, 0.3) is 0 Å². The van der Waals surface area contributed by atoms with E-state index < -0.39 is 0 Å². The van der Waals surface area contributed by atoms with Crippen molar-refractivity contribution >= 4 is 29.3 Å². The molecule has 3 nitrogen and oxygen atoms in total. The van der Waals surface area contributed by atoms with E-state index in [0.717, 1.165) is 17.7 Å². The molecular weight excluding hydrogens is 306 g/mol. The molecule has 5 heteroatoms. The molecule has 1 aliphatic rings. The lowest BCUT2D eigenvalue weighted by Crippen LogP contribution is -2.47. The number of halogens is 1. The first-order valence-corrected chi connectivity index (χ1v) is 8.71. The predicted molar refractivity (Wildman–Crippen MR) is 87.8 cm³/mol. The van der Waals surface area contributed by atoms with Gasteiger partial charge in [0, 0.05) is 29.1 Å². The van der Waals surface area contributed by atoms with Crippen molar-refractivity contribution in [1.82, 2.24) is 4.90 Å². The molecule has 1 aromatic rings. The number of benzene rings is 1. The molecule has 116 valence electrons. The Kier molecular flexibility index (Phi) is 6.40. The molecule has 0 aliphatic heterocycles. The molecule has 0 heterocycles. The summed E-state index contributed by atoms with van der Waals surface area (Å²) < 4.78 is 0. The third-order valence-corrected chi connectivity index (χ3v) is 5.18. The van der Waals surface area contributed by atoms with Gasteiger partial charge in [-0.2, -0.15) is 0 Å². The van der Waals surface area contributed by atoms with Gasteiger partial charge in [0.1, 0.15) is 0 Å². The van der Waals surface area contributed by atoms with Crippen molar-refractivity contribution in [3.8, 4) is 0 Å². The molecule has 1 unspecified atom stereocenters. The van der Waals surface area contributed by atoms with Crippen molar-refractivity contribution in [3.63, 3.8) is 0 Å². The van der Waals surface area contributed by atoms with E-state index in [0.29, 0.717) is 24.0 Å². The van der Waals surface area contributed by atoms with Gasteiger partial charge in [-0.15, -0.1) is 11.8 Å². The first-order chi connectivity index (χ1) is 10.1. The van der Waals surface area contributed by atoms with Crippen LogP contribution >= 0.6 is 23.4 Å². The van der Waals surface area contributed by atoms with E-state index in [1.54, 1.807) is 11.8 Å². The Morgan fingerprint density at radius 1 is 1.43 bits per heavy atom. The highest BCUT2D eigenvalue weighted by molar-refractivity contribution is 8.00. The third kappa shape index (κ3) is 4.63. The van der Waals surface area contributed by atoms with Crippen molar-refractivity contribution in [2.75, 3.05) is 13.2 Å². The fraction of sp³-hybridized carbons (Fsp3) is 0.562. The van der Waals surface area contributed by atoms with Gasteiger partial charge in [0.25, 0.3) is 0 Å². The molecule has 1 fully saturated rings. The van der Waals surface area contributed by atoms with Gasteiger partial charge >= 0.3 is 0 Å². The molecular formula is C16H22ClNO2S. The molecule has 0 bridgehead atoms. The number of amides is 1. The van der Waals surface area contributed by atoms with E-state index in [9.17, 15) is 4.79 Å². The fourth-order valence-corrected chi connectivity index (χ4v) is 3.48. The normalized spacial score (nSPS) is 16.3. The van der Waals surface area contributed by atoms with Crippen LogP contribution < -0.4 is 0 Å². The van der Waals surface area contributed by atoms with Gasteiger partial charge in [-0.25, -0.2) is 0 Å². The van der Waals surface area contributed by atoms with E-state index in [-0.39, 0.29) is 17.8 Å². The summed E-state index contributed by atoms with van der Waals surface area (Å²) in [5, 5.41) is 9.60. The standard InChI is InChI=1S/C16H22ClNO2S/c1-12(21-15-8-6-13(17)7-9-15)16(20)18(10-3-11-19)14-4-2-5-14/h6-9,12,14,19H,2-5,10-11H2,1H3. The number of hydrogen-bond acceptors (Lipinski definition) is 3. The molecule has 21 heavy (non-hydrogen) atoms. The van der Waals surface area contributed by atoms with Crippen molar-refractivity contribution in [2.45, 2.75) is 48.8 Å². The zero-order chi connectivity index (χ0) is 15.2. The molecule has 0 spiro atoms. The number of aliphatic hydroxyl groups is 1. The van der Waals surface area contributed by atoms with Crippen LogP contribution in [0.2, 0.25) is 5.02 Å². The van der Waals surface area contributed by atoms with Crippen LogP contribution in [0.4, 0.5) is 0 Å². The van der Waals surface area contributed by atoms with Gasteiger partial charge in [0.2, 0.25) is 5.91 Å². The number of carbonyl (C=O) groups is 1. The molecule has 1 aliphatic carbocycles. The summed E-state index contributed by atoms with van der Waals surface area (Å²) in [6.07, 6.45) is 4.04. The minimum atomic E-state index is -0.120. The first-order valence-electron chi connectivity index (χ1n) is 7.45. The van der Waals surface area contributed by atoms with Gasteiger partial charge in [-0.3, -0.25) is 4.79 Å². The van der Waals surface area contributed by atoms with Crippen LogP contribution in [-0.2, 0) is 4.79 Å². The Labute approximate surface area is 135 Å². The lowest BCUT2D eigenvalue weighted by molar-refractivity contribution is -0.134. The van der Waals surface area contributed by atoms with Crippen molar-refractivity contribution in [2.24, 2.45) is 0 Å². The summed E-state index contributed by atoms with van der Waals surface area (Å²) in [7, 11) is 0. The summed E-state index contributed by atoms with van der Waals surface area (Å²) in [5.74, 6) is 0.174. The minimum Gasteiger partial charge on any atom is -0.396 e. The smallest absolute Gasteiger partial charge is 0.236 e. The van der Waals surface area contributed by atoms with Crippen LogP contribution in [0, 0.1) is 0 Å². The second kappa shape index (κ2) is 8.06. The molecule has 0 saturated heterocycles. The number of carbonyl (C=O) groups excluding carboxylic acids is 1. The second-order valence-corrected chi connectivity index (χ2v) is 7.26. The van der Waals surface area contributed by atoms with Gasteiger partial charge in [0.05, 0.1) is 5.25 Å². The Bertz CT molecular complexity index is 462. The molecule has 1 N–H and O–H groups in total. The SMILES string of the molecule is CC(Sc1ccc(Cl)cc1)C(=O)N(CCCO)C1CCC1. The summed E-state index contributed by atoms with van der Waals surface area (Å²) in [6, 6.07) is 7.95. The van der Waals surface area contributed by atoms with Gasteiger partial charge < -0.3 is 10.0 Å². The van der Waals surface area contributed by atoms with Crippen molar-refractivity contribution < 1.29 is 9.90 Å². The lowest BCUT2D eigenvalue weighted by atomic mass is 9.91. The van der Waals surface area contributed by atoms with Crippen molar-refractivity contribution in [1.29, 1.82) is 0 Å². The highest BCUT2D eigenvalue weighted by atomic mass is 35.5. The first kappa shape index (κ1) is 16.7. The Morgan fingerprint density at radius 3 is 2.62 bits per heavy atom. The Morgan fingerprint density at radius 2 is 2.10 bits per heavy atom. The fourth-order valence-electron chi connectivity index (χ4n) is 2.41. The molecule has 0 radical (unpaired) electrons. The largest absolute Gasteiger partial charge is 0.396 e. The molecule has 1 amide bonds. The minimum absolute atomic E-state index is 0.120. The van der Waals surface area contributed by atoms with Crippen LogP contribution in [0.3, 0.4) is 0 Å². The molecule has 1 aromatic carbocycles. The Balaban J connectivity index is 1.96. The number of hydrogen-bond donors (Lipinski definition) is 1. The molecule has 1 atom stereocenters. The van der Waals surface area contributed by atoms with E-state index in [1.165, 1.54) is 6.42 Å². The van der Waals surface area contributed by atoms with Gasteiger partial charge in [-0.05, 0) is 56.9 Å². The maximum atomic E-state index is 12.7. The van der Waals surface area contributed by atoms with Crippen LogP contribution in [0.1, 0.15) is 32.6 Å². The summed E-state index contributed by atoms with van der Waals surface area (Å²) in [6.45, 7) is 2.74. The molecule has 1 saturated carbocycles. The zero-order valence-corrected chi connectivity index (χ0v) is 13.9. The lowest BCUT2D eigenvalue weighted by Gasteiger charge is -2.38. The van der Waals surface area contributed by atoms with Crippen molar-refractivity contribution in [3.05, 3.63) is 29.3 Å². The summed E-state index contributed by atoms with van der Waals surface area (Å²) >= 11 is 7.44. The molecule has 0 aromatic heterocycles. The Hall–Kier alpha value is -0.710. The third-order valence-electron chi connectivity index (χ3n) is 3.83. The van der Waals surface area contributed by atoms with E-state index in [1.807, 2.05) is 36.1 Å². The molecule has 2 rings (SSSR count). The van der Waals surface area contributed by atoms with Gasteiger partial charge in [0.15, 0.2) is 0 Å². The van der Waals surface area contributed by atoms with Gasteiger partial charge in [-0.1, -0.05) is 11.6 Å². The summed E-state index contributed by atoms with van der Waals surface area (Å²) in [5.41, 5.74) is 0. The maximum Gasteiger partial charge on any atom is 0.236 e. The number of aliphatic hydroxyl groups excluding tert-OH is 1. The van der Waals surface area contributed by atoms with Crippen LogP contribution in [0.15, 0.2) is 29.2 Å². The van der Waals surface area contributed by atoms with E-state index in [4.69, 9.17) is 16.7 Å². The number of nitrogens with zero attached hydrogens (tertiary/aromatic N) is 1. The van der Waals surface area contributed by atoms with E-state index >= 15 is 0 Å². The average Bonchev–Trinajstić information content (AvgIpc) is 2.43. The van der Waals surface area contributed by atoms with Crippen LogP contribution in [-0.4, -0.2) is 40.4 Å². The second-order valence-electron chi connectivity index (χ2n) is 5.41. The zero-order valence-electron chi connectivity index (χ0n) is 12.3. The van der Waals surface area contributed by atoms with E-state index in [2.05, 4.69) is 0 Å². The topological polar surface area (TPSA) is 40.5 Å². The predicted octanol–water partition coefficient (Wildman–Crippen LogP) is 3.58. The number of rotatable bonds is 7.